The van der Waals surface area contributed by atoms with Crippen molar-refractivity contribution in [1.82, 2.24) is 0 Å². The number of hydrogen-bond acceptors (Lipinski definition) is 4. The van der Waals surface area contributed by atoms with Gasteiger partial charge in [-0.2, -0.15) is 0 Å². The Hall–Kier alpha value is -2.43. The summed E-state index contributed by atoms with van der Waals surface area (Å²) in [7, 11) is 0. The summed E-state index contributed by atoms with van der Waals surface area (Å²) < 4.78 is 5.29. The molecule has 1 aliphatic carbocycles. The number of carboxylic acid groups (broad SMARTS) is 1. The lowest BCUT2D eigenvalue weighted by Gasteiger charge is -2.09. The van der Waals surface area contributed by atoms with Crippen LogP contribution in [0.2, 0.25) is 0 Å². The van der Waals surface area contributed by atoms with Gasteiger partial charge in [0.2, 0.25) is 5.78 Å². The predicted molar refractivity (Wildman–Crippen MR) is 71.6 cm³/mol. The highest BCUT2D eigenvalue weighted by Crippen LogP contribution is 2.27. The topological polar surface area (TPSA) is 84.6 Å². The summed E-state index contributed by atoms with van der Waals surface area (Å²) in [6.07, 6.45) is 5.75. The van der Waals surface area contributed by atoms with Crippen LogP contribution in [0.5, 0.6) is 0 Å². The fourth-order valence-electron chi connectivity index (χ4n) is 2.00. The zero-order valence-electron chi connectivity index (χ0n) is 11.0. The van der Waals surface area contributed by atoms with Crippen LogP contribution >= 0.6 is 0 Å². The van der Waals surface area contributed by atoms with Crippen molar-refractivity contribution in [3.8, 4) is 0 Å². The quantitative estimate of drug-likeness (QED) is 0.834. The molecule has 0 spiro atoms. The Bertz CT molecular complexity index is 631. The van der Waals surface area contributed by atoms with Crippen LogP contribution in [0.3, 0.4) is 0 Å². The van der Waals surface area contributed by atoms with Crippen LogP contribution in [-0.4, -0.2) is 22.6 Å². The number of hydrogen-bond donors (Lipinski definition) is 1. The number of fused-ring (bicyclic) bond motifs is 1. The second-order valence-electron chi connectivity index (χ2n) is 4.53. The highest BCUT2D eigenvalue weighted by molar-refractivity contribution is 6.23. The number of rotatable bonds is 5. The number of unbranched alkanes of at least 4 members (excludes halogenated alkanes) is 1. The smallest absolute Gasteiger partial charge is 0.328 e. The van der Waals surface area contributed by atoms with Gasteiger partial charge in [0.1, 0.15) is 5.76 Å². The van der Waals surface area contributed by atoms with Crippen molar-refractivity contribution < 1.29 is 23.9 Å². The van der Waals surface area contributed by atoms with Crippen molar-refractivity contribution in [3.05, 3.63) is 40.9 Å². The lowest BCUT2D eigenvalue weighted by Crippen LogP contribution is -2.14. The Kier molecular flexibility index (Phi) is 3.98. The van der Waals surface area contributed by atoms with Crippen LogP contribution < -0.4 is 0 Å². The second-order valence-corrected chi connectivity index (χ2v) is 4.53. The fraction of sp³-hybridized carbons (Fsp3) is 0.267. The zero-order chi connectivity index (χ0) is 14.7. The van der Waals surface area contributed by atoms with E-state index in [1.165, 1.54) is 18.2 Å². The molecule has 0 saturated carbocycles. The average molecular weight is 274 g/mol. The number of carboxylic acids is 1. The third kappa shape index (κ3) is 2.77. The molecule has 0 saturated heterocycles. The Morgan fingerprint density at radius 1 is 1.40 bits per heavy atom. The van der Waals surface area contributed by atoms with Crippen molar-refractivity contribution in [3.63, 3.8) is 0 Å². The van der Waals surface area contributed by atoms with Crippen LogP contribution in [0, 0.1) is 0 Å². The van der Waals surface area contributed by atoms with Gasteiger partial charge in [0.25, 0.3) is 0 Å². The standard InChI is InChI=1S/C15H14O5/c1-2-3-4-9-7-12(16)11-8-10(5-6-13(17)18)20-15(11)14(9)19/h5-8H,2-4H2,1H3,(H,17,18)/b6-5+. The first kappa shape index (κ1) is 14.0. The number of Topliss-reactive ketones (excluding diaryl/α,β-unsaturated/α-hetero) is 1. The van der Waals surface area contributed by atoms with E-state index in [-0.39, 0.29) is 28.7 Å². The first-order chi connectivity index (χ1) is 9.52. The summed E-state index contributed by atoms with van der Waals surface area (Å²) in [5, 5.41) is 8.55. The molecule has 1 aliphatic rings. The molecule has 0 atom stereocenters. The molecule has 2 rings (SSSR count). The van der Waals surface area contributed by atoms with Crippen LogP contribution in [0.4, 0.5) is 0 Å². The van der Waals surface area contributed by atoms with Gasteiger partial charge in [-0.05, 0) is 31.1 Å². The van der Waals surface area contributed by atoms with Gasteiger partial charge < -0.3 is 9.52 Å². The van der Waals surface area contributed by atoms with Crippen molar-refractivity contribution in [2.45, 2.75) is 26.2 Å². The third-order valence-corrected chi connectivity index (χ3v) is 3.01. The molecule has 0 amide bonds. The Morgan fingerprint density at radius 2 is 2.15 bits per heavy atom. The van der Waals surface area contributed by atoms with Gasteiger partial charge in [-0.3, -0.25) is 9.59 Å². The number of carbonyl (C=O) groups excluding carboxylic acids is 2. The van der Waals surface area contributed by atoms with E-state index < -0.39 is 5.97 Å². The lowest BCUT2D eigenvalue weighted by molar-refractivity contribution is -0.131. The molecule has 5 heteroatoms. The lowest BCUT2D eigenvalue weighted by atomic mass is 9.92. The molecule has 0 fully saturated rings. The number of allylic oxidation sites excluding steroid dienone is 2. The summed E-state index contributed by atoms with van der Waals surface area (Å²) in [5.41, 5.74) is 0.646. The minimum absolute atomic E-state index is 0.00800. The number of furan rings is 1. The molecule has 104 valence electrons. The summed E-state index contributed by atoms with van der Waals surface area (Å²) >= 11 is 0. The SMILES string of the molecule is CCCCC1=CC(=O)c2cc(/C=C/C(=O)O)oc2C1=O. The van der Waals surface area contributed by atoms with Gasteiger partial charge in [0.15, 0.2) is 11.5 Å². The average Bonchev–Trinajstić information content (AvgIpc) is 2.84. The maximum absolute atomic E-state index is 12.2. The fourth-order valence-corrected chi connectivity index (χ4v) is 2.00. The largest absolute Gasteiger partial charge is 0.478 e. The maximum Gasteiger partial charge on any atom is 0.328 e. The first-order valence-electron chi connectivity index (χ1n) is 6.37. The molecule has 0 unspecified atom stereocenters. The number of ketones is 2. The van der Waals surface area contributed by atoms with Crippen molar-refractivity contribution >= 4 is 23.6 Å². The molecule has 1 N–H and O–H groups in total. The molecule has 1 aromatic rings. The minimum atomic E-state index is -1.13. The van der Waals surface area contributed by atoms with Crippen LogP contribution in [0.15, 0.2) is 28.2 Å². The molecule has 5 nitrogen and oxygen atoms in total. The van der Waals surface area contributed by atoms with E-state index in [0.717, 1.165) is 18.9 Å². The molecule has 0 aromatic carbocycles. The first-order valence-corrected chi connectivity index (χ1v) is 6.37. The zero-order valence-corrected chi connectivity index (χ0v) is 11.0. The maximum atomic E-state index is 12.2. The van der Waals surface area contributed by atoms with E-state index >= 15 is 0 Å². The minimum Gasteiger partial charge on any atom is -0.478 e. The summed E-state index contributed by atoms with van der Waals surface area (Å²) in [4.78, 5) is 34.5. The predicted octanol–water partition coefficient (Wildman–Crippen LogP) is 2.87. The van der Waals surface area contributed by atoms with Gasteiger partial charge in [0, 0.05) is 11.6 Å². The van der Waals surface area contributed by atoms with Crippen LogP contribution in [0.25, 0.3) is 6.08 Å². The molecule has 0 radical (unpaired) electrons. The number of aliphatic carboxylic acids is 1. The summed E-state index contributed by atoms with van der Waals surface area (Å²) in [6.45, 7) is 2.00. The van der Waals surface area contributed by atoms with E-state index in [4.69, 9.17) is 9.52 Å². The van der Waals surface area contributed by atoms with Crippen molar-refractivity contribution in [2.75, 3.05) is 0 Å². The molecule has 20 heavy (non-hydrogen) atoms. The third-order valence-electron chi connectivity index (χ3n) is 3.01. The van der Waals surface area contributed by atoms with Crippen LogP contribution in [-0.2, 0) is 4.79 Å². The molecule has 1 aromatic heterocycles. The molecule has 0 aliphatic heterocycles. The van der Waals surface area contributed by atoms with E-state index in [2.05, 4.69) is 0 Å². The monoisotopic (exact) mass is 274 g/mol. The highest BCUT2D eigenvalue weighted by atomic mass is 16.4. The van der Waals surface area contributed by atoms with E-state index in [9.17, 15) is 14.4 Å². The normalized spacial score (nSPS) is 14.6. The van der Waals surface area contributed by atoms with Crippen LogP contribution in [0.1, 0.15) is 52.9 Å². The van der Waals surface area contributed by atoms with Gasteiger partial charge >= 0.3 is 5.97 Å². The molecular weight excluding hydrogens is 260 g/mol. The van der Waals surface area contributed by atoms with Crippen molar-refractivity contribution in [1.29, 1.82) is 0 Å². The van der Waals surface area contributed by atoms with Crippen molar-refractivity contribution in [2.24, 2.45) is 0 Å². The summed E-state index contributed by atoms with van der Waals surface area (Å²) in [6, 6.07) is 1.39. The van der Waals surface area contributed by atoms with Gasteiger partial charge in [-0.25, -0.2) is 4.79 Å². The Labute approximate surface area is 115 Å². The van der Waals surface area contributed by atoms with E-state index in [1.807, 2.05) is 6.92 Å². The second kappa shape index (κ2) is 5.69. The number of carbonyl (C=O) groups is 3. The molecular formula is C15H14O5. The summed E-state index contributed by atoms with van der Waals surface area (Å²) in [5.74, 6) is -1.50. The van der Waals surface area contributed by atoms with E-state index in [1.54, 1.807) is 0 Å². The Balaban J connectivity index is 2.30. The van der Waals surface area contributed by atoms with Gasteiger partial charge in [-0.1, -0.05) is 13.3 Å². The molecule has 1 heterocycles. The Morgan fingerprint density at radius 3 is 2.80 bits per heavy atom. The van der Waals surface area contributed by atoms with Gasteiger partial charge in [0.05, 0.1) is 5.56 Å². The highest BCUT2D eigenvalue weighted by Gasteiger charge is 2.29. The van der Waals surface area contributed by atoms with Gasteiger partial charge in [-0.15, -0.1) is 0 Å². The molecule has 0 bridgehead atoms. The van der Waals surface area contributed by atoms with E-state index in [0.29, 0.717) is 12.0 Å².